The first-order valence-electron chi connectivity index (χ1n) is 5.78. The van der Waals surface area contributed by atoms with Crippen molar-refractivity contribution < 1.29 is 4.79 Å². The smallest absolute Gasteiger partial charge is 0.276 e. The summed E-state index contributed by atoms with van der Waals surface area (Å²) in [6.07, 6.45) is 0. The molecule has 0 N–H and O–H groups in total. The Kier molecular flexibility index (Phi) is 3.53. The minimum absolute atomic E-state index is 0.258. The number of aromatic nitrogens is 2. The Hall–Kier alpha value is -1.94. The second kappa shape index (κ2) is 4.97. The summed E-state index contributed by atoms with van der Waals surface area (Å²) >= 11 is 5.37. The summed E-state index contributed by atoms with van der Waals surface area (Å²) in [4.78, 5) is 22.8. The van der Waals surface area contributed by atoms with E-state index in [1.165, 1.54) is 6.07 Å². The highest BCUT2D eigenvalue weighted by Gasteiger charge is 2.13. The molecule has 0 radical (unpaired) electrons. The quantitative estimate of drug-likeness (QED) is 0.792. The van der Waals surface area contributed by atoms with E-state index >= 15 is 0 Å². The largest absolute Gasteiger partial charge is 0.287 e. The SMILES string of the molecule is Cc1cc(C)cc(-n2nc(C(=O)Cl)c(=O)cc2C)c1. The minimum Gasteiger partial charge on any atom is -0.287 e. The average molecular weight is 277 g/mol. The maximum absolute atomic E-state index is 11.6. The van der Waals surface area contributed by atoms with Crippen LogP contribution in [-0.2, 0) is 0 Å². The third kappa shape index (κ3) is 2.74. The van der Waals surface area contributed by atoms with Crippen LogP contribution in [0, 0.1) is 20.8 Å². The highest BCUT2D eigenvalue weighted by Crippen LogP contribution is 2.14. The van der Waals surface area contributed by atoms with Crippen LogP contribution in [0.15, 0.2) is 29.1 Å². The van der Waals surface area contributed by atoms with E-state index in [0.717, 1.165) is 16.8 Å². The Labute approximate surface area is 115 Å². The van der Waals surface area contributed by atoms with Gasteiger partial charge in [-0.15, -0.1) is 0 Å². The molecule has 0 spiro atoms. The van der Waals surface area contributed by atoms with Crippen LogP contribution < -0.4 is 5.43 Å². The zero-order chi connectivity index (χ0) is 14.2. The van der Waals surface area contributed by atoms with Crippen LogP contribution in [0.4, 0.5) is 0 Å². The lowest BCUT2D eigenvalue weighted by molar-refractivity contribution is 0.107. The lowest BCUT2D eigenvalue weighted by atomic mass is 10.1. The monoisotopic (exact) mass is 276 g/mol. The van der Waals surface area contributed by atoms with Crippen molar-refractivity contribution in [1.82, 2.24) is 9.78 Å². The molecule has 0 atom stereocenters. The van der Waals surface area contributed by atoms with E-state index in [1.54, 1.807) is 11.6 Å². The molecule has 2 rings (SSSR count). The van der Waals surface area contributed by atoms with Crippen LogP contribution in [0.5, 0.6) is 0 Å². The van der Waals surface area contributed by atoms with E-state index in [4.69, 9.17) is 11.6 Å². The van der Waals surface area contributed by atoms with Gasteiger partial charge >= 0.3 is 0 Å². The highest BCUT2D eigenvalue weighted by molar-refractivity contribution is 6.67. The summed E-state index contributed by atoms with van der Waals surface area (Å²) in [5.41, 5.74) is 2.89. The molecule has 1 aromatic carbocycles. The molecule has 19 heavy (non-hydrogen) atoms. The van der Waals surface area contributed by atoms with E-state index in [2.05, 4.69) is 5.10 Å². The normalized spacial score (nSPS) is 10.5. The molecule has 0 unspecified atom stereocenters. The Bertz CT molecular complexity index is 700. The molecule has 0 saturated heterocycles. The second-order valence-electron chi connectivity index (χ2n) is 4.53. The number of aryl methyl sites for hydroxylation is 3. The molecule has 5 heteroatoms. The molecule has 0 aliphatic rings. The van der Waals surface area contributed by atoms with Gasteiger partial charge in [-0.1, -0.05) is 6.07 Å². The van der Waals surface area contributed by atoms with Gasteiger partial charge in [-0.3, -0.25) is 9.59 Å². The fourth-order valence-corrected chi connectivity index (χ4v) is 2.15. The van der Waals surface area contributed by atoms with Gasteiger partial charge in [-0.05, 0) is 55.6 Å². The third-order valence-electron chi connectivity index (χ3n) is 2.74. The fraction of sp³-hybridized carbons (Fsp3) is 0.214. The van der Waals surface area contributed by atoms with Crippen molar-refractivity contribution in [3.8, 4) is 5.69 Å². The van der Waals surface area contributed by atoms with Crippen LogP contribution in [0.2, 0.25) is 0 Å². The van der Waals surface area contributed by atoms with Crippen molar-refractivity contribution in [3.05, 3.63) is 57.0 Å². The number of hydrogen-bond acceptors (Lipinski definition) is 3. The van der Waals surface area contributed by atoms with Gasteiger partial charge in [0, 0.05) is 11.8 Å². The number of rotatable bonds is 2. The van der Waals surface area contributed by atoms with Crippen LogP contribution >= 0.6 is 11.6 Å². The predicted octanol–water partition coefficient (Wildman–Crippen LogP) is 2.54. The summed E-state index contributed by atoms with van der Waals surface area (Å²) in [7, 11) is 0. The molecule has 98 valence electrons. The van der Waals surface area contributed by atoms with Crippen molar-refractivity contribution in [2.45, 2.75) is 20.8 Å². The summed E-state index contributed by atoms with van der Waals surface area (Å²) in [6.45, 7) is 5.71. The first-order chi connectivity index (χ1) is 8.88. The van der Waals surface area contributed by atoms with E-state index < -0.39 is 10.7 Å². The van der Waals surface area contributed by atoms with E-state index in [1.807, 2.05) is 32.0 Å². The number of hydrogen-bond donors (Lipinski definition) is 0. The maximum atomic E-state index is 11.6. The lowest BCUT2D eigenvalue weighted by Crippen LogP contribution is -2.20. The minimum atomic E-state index is -0.844. The average Bonchev–Trinajstić information content (AvgIpc) is 2.26. The first kappa shape index (κ1) is 13.5. The standard InChI is InChI=1S/C14H13ClN2O2/c1-8-4-9(2)6-11(5-8)17-10(3)7-12(18)13(16-17)14(15)19/h4-7H,1-3H3. The molecular formula is C14H13ClN2O2. The molecular weight excluding hydrogens is 264 g/mol. The van der Waals surface area contributed by atoms with E-state index in [0.29, 0.717) is 5.69 Å². The molecule has 0 amide bonds. The number of carbonyl (C=O) groups is 1. The Balaban J connectivity index is 2.71. The van der Waals surface area contributed by atoms with Crippen molar-refractivity contribution in [3.63, 3.8) is 0 Å². The Morgan fingerprint density at radius 1 is 1.11 bits per heavy atom. The maximum Gasteiger partial charge on any atom is 0.276 e. The third-order valence-corrected chi connectivity index (χ3v) is 2.92. The van der Waals surface area contributed by atoms with E-state index in [-0.39, 0.29) is 5.69 Å². The first-order valence-corrected chi connectivity index (χ1v) is 6.16. The zero-order valence-corrected chi connectivity index (χ0v) is 11.7. The van der Waals surface area contributed by atoms with Gasteiger partial charge in [-0.25, -0.2) is 4.68 Å². The molecule has 0 aliphatic heterocycles. The molecule has 2 aromatic rings. The summed E-state index contributed by atoms with van der Waals surface area (Å²) in [5, 5.41) is 3.20. The van der Waals surface area contributed by atoms with Crippen molar-refractivity contribution in [2.24, 2.45) is 0 Å². The van der Waals surface area contributed by atoms with Gasteiger partial charge in [0.2, 0.25) is 5.43 Å². The van der Waals surface area contributed by atoms with Crippen LogP contribution in [0.25, 0.3) is 5.69 Å². The molecule has 0 saturated carbocycles. The lowest BCUT2D eigenvalue weighted by Gasteiger charge is -2.11. The number of halogens is 1. The summed E-state index contributed by atoms with van der Waals surface area (Å²) in [5.74, 6) is 0. The predicted molar refractivity (Wildman–Crippen MR) is 74.2 cm³/mol. The summed E-state index contributed by atoms with van der Waals surface area (Å²) in [6, 6.07) is 7.26. The molecule has 1 aromatic heterocycles. The molecule has 4 nitrogen and oxygen atoms in total. The molecule has 0 bridgehead atoms. The van der Waals surface area contributed by atoms with Crippen molar-refractivity contribution >= 4 is 16.8 Å². The fourth-order valence-electron chi connectivity index (χ4n) is 2.02. The molecule has 0 aliphatic carbocycles. The van der Waals surface area contributed by atoms with Crippen molar-refractivity contribution in [1.29, 1.82) is 0 Å². The van der Waals surface area contributed by atoms with Crippen molar-refractivity contribution in [2.75, 3.05) is 0 Å². The van der Waals surface area contributed by atoms with Crippen LogP contribution in [0.3, 0.4) is 0 Å². The zero-order valence-electron chi connectivity index (χ0n) is 10.9. The second-order valence-corrected chi connectivity index (χ2v) is 4.87. The topological polar surface area (TPSA) is 52.0 Å². The van der Waals surface area contributed by atoms with Gasteiger partial charge in [-0.2, -0.15) is 5.10 Å². The molecule has 0 fully saturated rings. The Morgan fingerprint density at radius 2 is 1.68 bits per heavy atom. The number of nitrogens with zero attached hydrogens (tertiary/aromatic N) is 2. The number of carbonyl (C=O) groups excluding carboxylic acids is 1. The highest BCUT2D eigenvalue weighted by atomic mass is 35.5. The van der Waals surface area contributed by atoms with E-state index in [9.17, 15) is 9.59 Å². The van der Waals surface area contributed by atoms with Gasteiger partial charge in [0.15, 0.2) is 5.69 Å². The van der Waals surface area contributed by atoms with Gasteiger partial charge < -0.3 is 0 Å². The van der Waals surface area contributed by atoms with Gasteiger partial charge in [0.1, 0.15) is 0 Å². The van der Waals surface area contributed by atoms with Crippen LogP contribution in [-0.4, -0.2) is 15.0 Å². The van der Waals surface area contributed by atoms with Gasteiger partial charge in [0.25, 0.3) is 5.24 Å². The number of benzene rings is 1. The van der Waals surface area contributed by atoms with Gasteiger partial charge in [0.05, 0.1) is 5.69 Å². The Morgan fingerprint density at radius 3 is 2.21 bits per heavy atom. The van der Waals surface area contributed by atoms with Crippen LogP contribution in [0.1, 0.15) is 27.3 Å². The summed E-state index contributed by atoms with van der Waals surface area (Å²) < 4.78 is 1.55. The molecule has 1 heterocycles.